The molecule has 2 aromatic heterocycles. The van der Waals surface area contributed by atoms with Crippen molar-refractivity contribution in [1.29, 1.82) is 0 Å². The Morgan fingerprint density at radius 1 is 1.24 bits per heavy atom. The first-order valence-corrected chi connectivity index (χ1v) is 7.52. The highest BCUT2D eigenvalue weighted by molar-refractivity contribution is 9.10. The van der Waals surface area contributed by atoms with E-state index in [1.54, 1.807) is 6.08 Å². The molecular formula is C16H19BrN4. The minimum atomic E-state index is 0.810. The van der Waals surface area contributed by atoms with Crippen molar-refractivity contribution >= 4 is 27.0 Å². The molecule has 0 saturated heterocycles. The molecule has 4 nitrogen and oxygen atoms in total. The molecule has 0 aliphatic carbocycles. The Kier molecular flexibility index (Phi) is 4.63. The second-order valence-corrected chi connectivity index (χ2v) is 5.79. The van der Waals surface area contributed by atoms with E-state index in [2.05, 4.69) is 55.7 Å². The smallest absolute Gasteiger partial charge is 0.159 e. The lowest BCUT2D eigenvalue weighted by atomic mass is 10.2. The van der Waals surface area contributed by atoms with Crippen LogP contribution in [0, 0.1) is 20.8 Å². The van der Waals surface area contributed by atoms with Crippen LogP contribution in [0.1, 0.15) is 23.7 Å². The van der Waals surface area contributed by atoms with E-state index in [1.807, 2.05) is 26.8 Å². The third-order valence-electron chi connectivity index (χ3n) is 3.24. The molecule has 110 valence electrons. The summed E-state index contributed by atoms with van der Waals surface area (Å²) in [6, 6.07) is 4.12. The number of hydrogen-bond donors (Lipinski definition) is 2. The number of allylic oxidation sites excluding steroid dienone is 1. The van der Waals surface area contributed by atoms with Crippen LogP contribution in [0.25, 0.3) is 22.6 Å². The number of rotatable bonds is 1. The summed E-state index contributed by atoms with van der Waals surface area (Å²) in [5.74, 6) is 0.810. The molecule has 21 heavy (non-hydrogen) atoms. The van der Waals surface area contributed by atoms with E-state index in [1.165, 1.54) is 5.56 Å². The maximum absolute atomic E-state index is 4.59. The van der Waals surface area contributed by atoms with Gasteiger partial charge in [-0.05, 0) is 45.4 Å². The molecular weight excluding hydrogens is 328 g/mol. The van der Waals surface area contributed by atoms with Gasteiger partial charge in [0.2, 0.25) is 0 Å². The fraction of sp³-hybridized carbons (Fsp3) is 0.250. The lowest BCUT2D eigenvalue weighted by Gasteiger charge is -1.95. The van der Waals surface area contributed by atoms with Gasteiger partial charge < -0.3 is 4.98 Å². The van der Waals surface area contributed by atoms with Crippen molar-refractivity contribution in [2.75, 3.05) is 0 Å². The van der Waals surface area contributed by atoms with Gasteiger partial charge in [0.15, 0.2) is 5.82 Å². The SMILES string of the molecule is C=CC.Cc1cc2[nH]c(-c3n[nH]c(C)c3C)nc2cc1Br. The topological polar surface area (TPSA) is 57.4 Å². The first-order valence-electron chi connectivity index (χ1n) is 6.72. The molecule has 3 rings (SSSR count). The van der Waals surface area contributed by atoms with Crippen LogP contribution in [0.2, 0.25) is 0 Å². The summed E-state index contributed by atoms with van der Waals surface area (Å²) in [5.41, 5.74) is 6.26. The average molecular weight is 347 g/mol. The zero-order chi connectivity index (χ0) is 15.6. The fourth-order valence-corrected chi connectivity index (χ4v) is 2.30. The first-order chi connectivity index (χ1) is 9.97. The van der Waals surface area contributed by atoms with Crippen LogP contribution in [0.3, 0.4) is 0 Å². The summed E-state index contributed by atoms with van der Waals surface area (Å²) in [5, 5.41) is 7.28. The van der Waals surface area contributed by atoms with Crippen molar-refractivity contribution in [3.63, 3.8) is 0 Å². The Labute approximate surface area is 132 Å². The molecule has 0 aliphatic heterocycles. The van der Waals surface area contributed by atoms with Crippen molar-refractivity contribution in [2.45, 2.75) is 27.7 Å². The van der Waals surface area contributed by atoms with Crippen LogP contribution >= 0.6 is 15.9 Å². The molecule has 0 atom stereocenters. The summed E-state index contributed by atoms with van der Waals surface area (Å²) >= 11 is 3.52. The number of fused-ring (bicyclic) bond motifs is 1. The van der Waals surface area contributed by atoms with E-state index in [9.17, 15) is 0 Å². The summed E-state index contributed by atoms with van der Waals surface area (Å²) in [6.07, 6.45) is 1.75. The molecule has 0 bridgehead atoms. The fourth-order valence-electron chi connectivity index (χ4n) is 1.97. The van der Waals surface area contributed by atoms with Gasteiger partial charge in [0.1, 0.15) is 5.69 Å². The Morgan fingerprint density at radius 2 is 1.90 bits per heavy atom. The lowest BCUT2D eigenvalue weighted by molar-refractivity contribution is 1.04. The third-order valence-corrected chi connectivity index (χ3v) is 4.09. The summed E-state index contributed by atoms with van der Waals surface area (Å²) in [7, 11) is 0. The molecule has 5 heteroatoms. The van der Waals surface area contributed by atoms with Gasteiger partial charge in [0.25, 0.3) is 0 Å². The molecule has 0 saturated carbocycles. The molecule has 0 aliphatic rings. The molecule has 3 aromatic rings. The number of nitrogens with zero attached hydrogens (tertiary/aromatic N) is 2. The molecule has 2 heterocycles. The minimum absolute atomic E-state index is 0.810. The number of benzene rings is 1. The molecule has 2 N–H and O–H groups in total. The van der Waals surface area contributed by atoms with Crippen molar-refractivity contribution < 1.29 is 0 Å². The van der Waals surface area contributed by atoms with E-state index in [4.69, 9.17) is 0 Å². The third kappa shape index (κ3) is 3.08. The van der Waals surface area contributed by atoms with Crippen molar-refractivity contribution in [3.8, 4) is 11.5 Å². The second-order valence-electron chi connectivity index (χ2n) is 4.93. The normalized spacial score (nSPS) is 10.3. The standard InChI is InChI=1S/C13H13BrN4.C3H6/c1-6-4-10-11(5-9(6)14)16-13(15-10)12-7(2)8(3)17-18-12;1-3-2/h4-5H,1-3H3,(H,15,16)(H,17,18);3H,1H2,2H3. The maximum Gasteiger partial charge on any atom is 0.159 e. The summed E-state index contributed by atoms with van der Waals surface area (Å²) in [4.78, 5) is 7.91. The van der Waals surface area contributed by atoms with Gasteiger partial charge in [-0.1, -0.05) is 22.0 Å². The van der Waals surface area contributed by atoms with Crippen LogP contribution < -0.4 is 0 Å². The van der Waals surface area contributed by atoms with Gasteiger partial charge in [0.05, 0.1) is 11.0 Å². The van der Waals surface area contributed by atoms with E-state index in [0.717, 1.165) is 38.3 Å². The van der Waals surface area contributed by atoms with Crippen molar-refractivity contribution in [1.82, 2.24) is 20.2 Å². The monoisotopic (exact) mass is 346 g/mol. The van der Waals surface area contributed by atoms with Crippen molar-refractivity contribution in [2.24, 2.45) is 0 Å². The van der Waals surface area contributed by atoms with Gasteiger partial charge in [-0.15, -0.1) is 6.58 Å². The molecule has 0 spiro atoms. The van der Waals surface area contributed by atoms with E-state index < -0.39 is 0 Å². The number of imidazole rings is 1. The predicted molar refractivity (Wildman–Crippen MR) is 91.5 cm³/mol. The van der Waals surface area contributed by atoms with Crippen LogP contribution in [-0.2, 0) is 0 Å². The molecule has 0 unspecified atom stereocenters. The number of hydrogen-bond acceptors (Lipinski definition) is 2. The maximum atomic E-state index is 4.59. The average Bonchev–Trinajstić information content (AvgIpc) is 2.96. The van der Waals surface area contributed by atoms with Gasteiger partial charge in [-0.3, -0.25) is 5.10 Å². The Hall–Kier alpha value is -1.88. The predicted octanol–water partition coefficient (Wildman–Crippen LogP) is 4.83. The minimum Gasteiger partial charge on any atom is -0.337 e. The lowest BCUT2D eigenvalue weighted by Crippen LogP contribution is -1.83. The largest absolute Gasteiger partial charge is 0.337 e. The first kappa shape index (κ1) is 15.5. The number of aromatic amines is 2. The Bertz CT molecular complexity index is 744. The van der Waals surface area contributed by atoms with Gasteiger partial charge in [-0.25, -0.2) is 4.98 Å². The van der Waals surface area contributed by atoms with Gasteiger partial charge in [-0.2, -0.15) is 5.10 Å². The molecule has 0 amide bonds. The highest BCUT2D eigenvalue weighted by atomic mass is 79.9. The number of nitrogens with one attached hydrogen (secondary N) is 2. The van der Waals surface area contributed by atoms with Crippen LogP contribution in [0.15, 0.2) is 29.3 Å². The molecule has 0 fully saturated rings. The van der Waals surface area contributed by atoms with Gasteiger partial charge in [0, 0.05) is 15.7 Å². The number of halogens is 1. The molecule has 0 radical (unpaired) electrons. The number of aryl methyl sites for hydroxylation is 2. The quantitative estimate of drug-likeness (QED) is 0.619. The van der Waals surface area contributed by atoms with E-state index >= 15 is 0 Å². The Morgan fingerprint density at radius 3 is 2.48 bits per heavy atom. The second kappa shape index (κ2) is 6.26. The summed E-state index contributed by atoms with van der Waals surface area (Å²) < 4.78 is 1.07. The van der Waals surface area contributed by atoms with E-state index in [0.29, 0.717) is 0 Å². The van der Waals surface area contributed by atoms with E-state index in [-0.39, 0.29) is 0 Å². The highest BCUT2D eigenvalue weighted by Gasteiger charge is 2.13. The number of aromatic nitrogens is 4. The summed E-state index contributed by atoms with van der Waals surface area (Å²) in [6.45, 7) is 11.4. The van der Waals surface area contributed by atoms with Crippen LogP contribution in [0.4, 0.5) is 0 Å². The molecule has 1 aromatic carbocycles. The zero-order valence-electron chi connectivity index (χ0n) is 12.7. The van der Waals surface area contributed by atoms with Crippen molar-refractivity contribution in [3.05, 3.63) is 46.1 Å². The zero-order valence-corrected chi connectivity index (χ0v) is 14.3. The van der Waals surface area contributed by atoms with Gasteiger partial charge >= 0.3 is 0 Å². The van der Waals surface area contributed by atoms with Crippen LogP contribution in [0.5, 0.6) is 0 Å². The highest BCUT2D eigenvalue weighted by Crippen LogP contribution is 2.26. The Balaban J connectivity index is 0.000000497. The van der Waals surface area contributed by atoms with Crippen LogP contribution in [-0.4, -0.2) is 20.2 Å². The number of H-pyrrole nitrogens is 2.